The lowest BCUT2D eigenvalue weighted by atomic mass is 9.81. The fourth-order valence-electron chi connectivity index (χ4n) is 6.67. The number of carbonyl (C=O) groups excluding carboxylic acids is 1. The summed E-state index contributed by atoms with van der Waals surface area (Å²) in [6, 6.07) is 21.1. The number of fused-ring (bicyclic) bond motifs is 3. The van der Waals surface area contributed by atoms with Gasteiger partial charge in [-0.3, -0.25) is 4.79 Å². The lowest BCUT2D eigenvalue weighted by Crippen LogP contribution is -2.48. The molecule has 1 saturated carbocycles. The standard InChI is InChI=1S/C31H33N3OS/c1-19-10-12-20(13-11-19)22-16-23(21-8-6-5-7-9-21)33-28-25(22)26(32)27(36-28)29(35)34-15-14-31(4)17-24(34)30(2,3)18-31/h5-13,16,24H,14-15,17-18,32H2,1-4H3. The van der Waals surface area contributed by atoms with Gasteiger partial charge in [0.05, 0.1) is 11.4 Å². The van der Waals surface area contributed by atoms with Crippen LogP contribution in [0.1, 0.15) is 55.3 Å². The maximum Gasteiger partial charge on any atom is 0.266 e. The average molecular weight is 496 g/mol. The molecule has 6 rings (SSSR count). The van der Waals surface area contributed by atoms with E-state index in [0.717, 1.165) is 58.4 Å². The Hall–Kier alpha value is -3.18. The molecule has 2 N–H and O–H groups in total. The highest BCUT2D eigenvalue weighted by Crippen LogP contribution is 2.56. The Kier molecular flexibility index (Phi) is 5.27. The summed E-state index contributed by atoms with van der Waals surface area (Å²) in [7, 11) is 0. The molecule has 2 aromatic heterocycles. The van der Waals surface area contributed by atoms with Crippen LogP contribution in [0, 0.1) is 17.8 Å². The number of amides is 1. The number of nitrogens with zero attached hydrogens (tertiary/aromatic N) is 2. The van der Waals surface area contributed by atoms with Gasteiger partial charge in [0, 0.05) is 23.5 Å². The number of rotatable bonds is 3. The number of nitrogens with two attached hydrogens (primary N) is 1. The van der Waals surface area contributed by atoms with Crippen LogP contribution in [-0.2, 0) is 0 Å². The van der Waals surface area contributed by atoms with Crippen molar-refractivity contribution in [3.63, 3.8) is 0 Å². The van der Waals surface area contributed by atoms with Crippen molar-refractivity contribution < 1.29 is 4.79 Å². The second-order valence-corrected chi connectivity index (χ2v) is 12.8. The maximum absolute atomic E-state index is 14.0. The van der Waals surface area contributed by atoms with Gasteiger partial charge in [-0.25, -0.2) is 4.98 Å². The molecule has 2 atom stereocenters. The van der Waals surface area contributed by atoms with E-state index in [0.29, 0.717) is 16.0 Å². The molecule has 4 aromatic rings. The van der Waals surface area contributed by atoms with E-state index < -0.39 is 0 Å². The zero-order valence-corrected chi connectivity index (χ0v) is 22.3. The van der Waals surface area contributed by atoms with Crippen molar-refractivity contribution in [1.82, 2.24) is 9.88 Å². The highest BCUT2D eigenvalue weighted by molar-refractivity contribution is 7.21. The van der Waals surface area contributed by atoms with E-state index in [1.807, 2.05) is 18.2 Å². The molecular weight excluding hydrogens is 462 g/mol. The SMILES string of the molecule is Cc1ccc(-c2cc(-c3ccccc3)nc3sc(C(=O)N4CCC5(C)CC4C(C)(C)C5)c(N)c23)cc1. The van der Waals surface area contributed by atoms with Crippen LogP contribution in [0.2, 0.25) is 0 Å². The van der Waals surface area contributed by atoms with Crippen LogP contribution in [0.25, 0.3) is 32.6 Å². The largest absolute Gasteiger partial charge is 0.397 e. The molecule has 0 radical (unpaired) electrons. The molecule has 2 aromatic carbocycles. The van der Waals surface area contributed by atoms with Gasteiger partial charge in [0.1, 0.15) is 9.71 Å². The molecule has 2 aliphatic rings. The van der Waals surface area contributed by atoms with Crippen molar-refractivity contribution in [2.24, 2.45) is 10.8 Å². The van der Waals surface area contributed by atoms with E-state index in [1.165, 1.54) is 16.9 Å². The van der Waals surface area contributed by atoms with Gasteiger partial charge in [-0.15, -0.1) is 11.3 Å². The van der Waals surface area contributed by atoms with Crippen LogP contribution in [0.5, 0.6) is 0 Å². The van der Waals surface area contributed by atoms with Gasteiger partial charge in [0.2, 0.25) is 0 Å². The number of nitrogen functional groups attached to an aromatic ring is 1. The van der Waals surface area contributed by atoms with Gasteiger partial charge in [0.15, 0.2) is 0 Å². The van der Waals surface area contributed by atoms with Crippen LogP contribution in [-0.4, -0.2) is 28.4 Å². The molecule has 184 valence electrons. The molecule has 0 spiro atoms. The Balaban J connectivity index is 1.50. The highest BCUT2D eigenvalue weighted by atomic mass is 32.1. The number of aryl methyl sites for hydroxylation is 1. The zero-order valence-electron chi connectivity index (χ0n) is 21.5. The van der Waals surface area contributed by atoms with Crippen molar-refractivity contribution in [1.29, 1.82) is 0 Å². The highest BCUT2D eigenvalue weighted by Gasteiger charge is 2.53. The summed E-state index contributed by atoms with van der Waals surface area (Å²) < 4.78 is 0. The molecule has 5 heteroatoms. The number of benzene rings is 2. The minimum Gasteiger partial charge on any atom is -0.397 e. The smallest absolute Gasteiger partial charge is 0.266 e. The molecule has 1 aliphatic heterocycles. The van der Waals surface area contributed by atoms with Crippen LogP contribution >= 0.6 is 11.3 Å². The summed E-state index contributed by atoms with van der Waals surface area (Å²) in [6.45, 7) is 9.89. The second kappa shape index (κ2) is 8.17. The molecular formula is C31H33N3OS. The van der Waals surface area contributed by atoms with E-state index in [1.54, 1.807) is 0 Å². The zero-order chi connectivity index (χ0) is 25.2. The minimum absolute atomic E-state index is 0.0636. The first-order valence-corrected chi connectivity index (χ1v) is 13.6. The third-order valence-electron chi connectivity index (χ3n) is 8.39. The average Bonchev–Trinajstić information content (AvgIpc) is 3.29. The second-order valence-electron chi connectivity index (χ2n) is 11.8. The predicted molar refractivity (Wildman–Crippen MR) is 150 cm³/mol. The lowest BCUT2D eigenvalue weighted by Gasteiger charge is -2.40. The van der Waals surface area contributed by atoms with Gasteiger partial charge < -0.3 is 10.6 Å². The number of aromatic nitrogens is 1. The van der Waals surface area contributed by atoms with Crippen molar-refractivity contribution in [2.75, 3.05) is 12.3 Å². The number of pyridine rings is 1. The van der Waals surface area contributed by atoms with Crippen molar-refractivity contribution in [3.8, 4) is 22.4 Å². The van der Waals surface area contributed by atoms with Crippen LogP contribution < -0.4 is 5.73 Å². The molecule has 2 bridgehead atoms. The molecule has 36 heavy (non-hydrogen) atoms. The summed E-state index contributed by atoms with van der Waals surface area (Å²) in [5.74, 6) is 0.0636. The van der Waals surface area contributed by atoms with E-state index in [4.69, 9.17) is 10.7 Å². The van der Waals surface area contributed by atoms with E-state index in [9.17, 15) is 4.79 Å². The molecule has 1 saturated heterocycles. The third-order valence-corrected chi connectivity index (χ3v) is 9.48. The van der Waals surface area contributed by atoms with E-state index >= 15 is 0 Å². The third kappa shape index (κ3) is 3.72. The van der Waals surface area contributed by atoms with Crippen LogP contribution in [0.4, 0.5) is 5.69 Å². The number of likely N-dealkylation sites (tertiary alicyclic amines) is 1. The fraction of sp³-hybridized carbons (Fsp3) is 0.355. The molecule has 1 amide bonds. The summed E-state index contributed by atoms with van der Waals surface area (Å²) in [5.41, 5.74) is 13.1. The Labute approximate surface area is 217 Å². The van der Waals surface area contributed by atoms with Gasteiger partial charge >= 0.3 is 0 Å². The molecule has 1 aliphatic carbocycles. The number of hydrogen-bond acceptors (Lipinski definition) is 4. The first-order valence-electron chi connectivity index (χ1n) is 12.8. The maximum atomic E-state index is 14.0. The van der Waals surface area contributed by atoms with Crippen LogP contribution in [0.3, 0.4) is 0 Å². The van der Waals surface area contributed by atoms with Crippen molar-refractivity contribution in [2.45, 2.75) is 53.0 Å². The van der Waals surface area contributed by atoms with Gasteiger partial charge in [-0.1, -0.05) is 80.9 Å². The predicted octanol–water partition coefficient (Wildman–Crippen LogP) is 7.56. The molecule has 2 unspecified atom stereocenters. The minimum atomic E-state index is 0.0636. The van der Waals surface area contributed by atoms with E-state index in [2.05, 4.69) is 75.1 Å². The number of piperidine rings is 1. The van der Waals surface area contributed by atoms with Crippen molar-refractivity contribution in [3.05, 3.63) is 71.1 Å². The summed E-state index contributed by atoms with van der Waals surface area (Å²) in [5, 5.41) is 0.888. The lowest BCUT2D eigenvalue weighted by molar-refractivity contribution is 0.0480. The number of carbonyl (C=O) groups is 1. The number of thiophene rings is 1. The molecule has 4 nitrogen and oxygen atoms in total. The van der Waals surface area contributed by atoms with Crippen LogP contribution in [0.15, 0.2) is 60.7 Å². The normalized spacial score (nSPS) is 22.8. The quantitative estimate of drug-likeness (QED) is 0.319. The van der Waals surface area contributed by atoms with E-state index in [-0.39, 0.29) is 17.4 Å². The summed E-state index contributed by atoms with van der Waals surface area (Å²) >= 11 is 1.44. The van der Waals surface area contributed by atoms with Gasteiger partial charge in [-0.2, -0.15) is 0 Å². The molecule has 2 fully saturated rings. The monoisotopic (exact) mass is 495 g/mol. The number of anilines is 1. The van der Waals surface area contributed by atoms with Gasteiger partial charge in [0.25, 0.3) is 5.91 Å². The first-order chi connectivity index (χ1) is 17.2. The first kappa shape index (κ1) is 23.2. The number of hydrogen-bond donors (Lipinski definition) is 1. The Morgan fingerprint density at radius 1 is 1.06 bits per heavy atom. The Morgan fingerprint density at radius 3 is 2.50 bits per heavy atom. The Morgan fingerprint density at radius 2 is 1.78 bits per heavy atom. The van der Waals surface area contributed by atoms with Crippen molar-refractivity contribution >= 4 is 33.1 Å². The summed E-state index contributed by atoms with van der Waals surface area (Å²) in [6.07, 6.45) is 3.28. The Bertz CT molecular complexity index is 1470. The fourth-order valence-corrected chi connectivity index (χ4v) is 7.75. The topological polar surface area (TPSA) is 59.2 Å². The summed E-state index contributed by atoms with van der Waals surface area (Å²) in [4.78, 5) is 22.6. The molecule has 3 heterocycles. The van der Waals surface area contributed by atoms with Gasteiger partial charge in [-0.05, 0) is 54.2 Å².